The summed E-state index contributed by atoms with van der Waals surface area (Å²) in [5.74, 6) is 0.425. The third-order valence-corrected chi connectivity index (χ3v) is 5.48. The first kappa shape index (κ1) is 21.8. The predicted octanol–water partition coefficient (Wildman–Crippen LogP) is 3.43. The molecule has 0 saturated heterocycles. The summed E-state index contributed by atoms with van der Waals surface area (Å²) in [7, 11) is 3.42. The maximum Gasteiger partial charge on any atom is 0.328 e. The van der Waals surface area contributed by atoms with Crippen molar-refractivity contribution in [3.05, 3.63) is 95.3 Å². The first-order valence-corrected chi connectivity index (χ1v) is 10.4. The Labute approximate surface area is 191 Å². The quantitative estimate of drug-likeness (QED) is 0.325. The molecule has 0 saturated carbocycles. The SMILES string of the molecule is CNC(=O)N(C(=O)c1ccc2c(c1)nc(Cc1ccc(C(=N)N)cc1)n2C)c1ccccc1. The van der Waals surface area contributed by atoms with E-state index in [0.717, 1.165) is 21.8 Å². The van der Waals surface area contributed by atoms with E-state index in [1.165, 1.54) is 7.05 Å². The molecule has 0 spiro atoms. The van der Waals surface area contributed by atoms with Crippen molar-refractivity contribution in [2.24, 2.45) is 12.8 Å². The van der Waals surface area contributed by atoms with Gasteiger partial charge in [-0.3, -0.25) is 10.2 Å². The Balaban J connectivity index is 1.66. The number of nitrogen functional groups attached to an aromatic ring is 1. The van der Waals surface area contributed by atoms with E-state index in [4.69, 9.17) is 16.1 Å². The van der Waals surface area contributed by atoms with E-state index >= 15 is 0 Å². The minimum atomic E-state index is -0.512. The van der Waals surface area contributed by atoms with Gasteiger partial charge >= 0.3 is 6.03 Å². The molecule has 1 aromatic heterocycles. The Bertz CT molecular complexity index is 1340. The maximum absolute atomic E-state index is 13.3. The van der Waals surface area contributed by atoms with Gasteiger partial charge in [0.15, 0.2) is 0 Å². The van der Waals surface area contributed by atoms with Gasteiger partial charge < -0.3 is 15.6 Å². The number of benzene rings is 3. The van der Waals surface area contributed by atoms with Crippen molar-refractivity contribution < 1.29 is 9.59 Å². The Morgan fingerprint density at radius 3 is 2.33 bits per heavy atom. The van der Waals surface area contributed by atoms with Crippen molar-refractivity contribution in [1.29, 1.82) is 5.41 Å². The summed E-state index contributed by atoms with van der Waals surface area (Å²) in [5.41, 5.74) is 9.63. The number of para-hydroxylation sites is 1. The molecular weight excluding hydrogens is 416 g/mol. The molecule has 0 fully saturated rings. The van der Waals surface area contributed by atoms with Gasteiger partial charge in [-0.25, -0.2) is 14.7 Å². The third-order valence-electron chi connectivity index (χ3n) is 5.48. The molecule has 33 heavy (non-hydrogen) atoms. The molecule has 166 valence electrons. The Kier molecular flexibility index (Phi) is 5.91. The molecule has 8 heteroatoms. The van der Waals surface area contributed by atoms with Crippen LogP contribution in [0.3, 0.4) is 0 Å². The van der Waals surface area contributed by atoms with E-state index < -0.39 is 11.9 Å². The lowest BCUT2D eigenvalue weighted by molar-refractivity contribution is 0.0994. The summed E-state index contributed by atoms with van der Waals surface area (Å²) in [5, 5.41) is 10.0. The summed E-state index contributed by atoms with van der Waals surface area (Å²) >= 11 is 0. The number of aryl methyl sites for hydroxylation is 1. The second kappa shape index (κ2) is 8.96. The first-order chi connectivity index (χ1) is 15.9. The Morgan fingerprint density at radius 1 is 1.03 bits per heavy atom. The van der Waals surface area contributed by atoms with Crippen LogP contribution in [0.2, 0.25) is 0 Å². The topological polar surface area (TPSA) is 117 Å². The number of urea groups is 1. The molecule has 4 aromatic rings. The fourth-order valence-corrected chi connectivity index (χ4v) is 3.67. The molecule has 8 nitrogen and oxygen atoms in total. The van der Waals surface area contributed by atoms with E-state index in [1.807, 2.05) is 48.0 Å². The fourth-order valence-electron chi connectivity index (χ4n) is 3.67. The van der Waals surface area contributed by atoms with E-state index in [2.05, 4.69) is 5.32 Å². The van der Waals surface area contributed by atoms with Crippen LogP contribution >= 0.6 is 0 Å². The maximum atomic E-state index is 13.3. The van der Waals surface area contributed by atoms with Gasteiger partial charge in [-0.1, -0.05) is 42.5 Å². The Hall–Kier alpha value is -4.46. The fraction of sp³-hybridized carbons (Fsp3) is 0.120. The number of hydrogen-bond acceptors (Lipinski definition) is 4. The van der Waals surface area contributed by atoms with Crippen LogP contribution in [0.4, 0.5) is 10.5 Å². The molecule has 4 rings (SSSR count). The van der Waals surface area contributed by atoms with Crippen molar-refractivity contribution in [2.45, 2.75) is 6.42 Å². The predicted molar refractivity (Wildman–Crippen MR) is 129 cm³/mol. The van der Waals surface area contributed by atoms with Crippen molar-refractivity contribution in [3.63, 3.8) is 0 Å². The molecule has 0 atom stereocenters. The number of nitrogens with zero attached hydrogens (tertiary/aromatic N) is 3. The highest BCUT2D eigenvalue weighted by Crippen LogP contribution is 2.22. The zero-order chi connectivity index (χ0) is 23.5. The molecule has 1 heterocycles. The average molecular weight is 441 g/mol. The lowest BCUT2D eigenvalue weighted by atomic mass is 10.1. The van der Waals surface area contributed by atoms with Crippen molar-refractivity contribution >= 4 is 34.5 Å². The number of nitrogens with one attached hydrogen (secondary N) is 2. The monoisotopic (exact) mass is 440 g/mol. The third kappa shape index (κ3) is 4.31. The van der Waals surface area contributed by atoms with Crippen molar-refractivity contribution in [3.8, 4) is 0 Å². The summed E-state index contributed by atoms with van der Waals surface area (Å²) in [6.07, 6.45) is 0.584. The van der Waals surface area contributed by atoms with E-state index in [-0.39, 0.29) is 5.84 Å². The van der Waals surface area contributed by atoms with Crippen LogP contribution in [0.15, 0.2) is 72.8 Å². The van der Waals surface area contributed by atoms with Crippen LogP contribution < -0.4 is 16.0 Å². The van der Waals surface area contributed by atoms with Gasteiger partial charge in [0.25, 0.3) is 5.91 Å². The summed E-state index contributed by atoms with van der Waals surface area (Å²) in [6.45, 7) is 0. The standard InChI is InChI=1S/C25H24N6O2/c1-28-25(33)31(19-6-4-3-5-7-19)24(32)18-12-13-21-20(15-18)29-22(30(21)2)14-16-8-10-17(11-9-16)23(26)27/h3-13,15H,14H2,1-2H3,(H3,26,27)(H,28,33). The number of carbonyl (C=O) groups excluding carboxylic acids is 2. The van der Waals surface area contributed by atoms with Crippen LogP contribution in [0.25, 0.3) is 11.0 Å². The second-order valence-corrected chi connectivity index (χ2v) is 7.61. The molecule has 3 aromatic carbocycles. The Morgan fingerprint density at radius 2 is 1.70 bits per heavy atom. The van der Waals surface area contributed by atoms with Gasteiger partial charge in [-0.2, -0.15) is 0 Å². The zero-order valence-corrected chi connectivity index (χ0v) is 18.4. The number of imidazole rings is 1. The van der Waals surface area contributed by atoms with E-state index in [9.17, 15) is 9.59 Å². The molecule has 0 aliphatic heterocycles. The van der Waals surface area contributed by atoms with Gasteiger partial charge in [0.2, 0.25) is 0 Å². The lowest BCUT2D eigenvalue weighted by Crippen LogP contribution is -2.42. The summed E-state index contributed by atoms with van der Waals surface area (Å²) in [6, 6.07) is 21.0. The van der Waals surface area contributed by atoms with E-state index in [1.54, 1.807) is 36.4 Å². The van der Waals surface area contributed by atoms with Gasteiger partial charge in [0.05, 0.1) is 16.7 Å². The second-order valence-electron chi connectivity index (χ2n) is 7.61. The summed E-state index contributed by atoms with van der Waals surface area (Å²) < 4.78 is 1.98. The van der Waals surface area contributed by atoms with Crippen LogP contribution in [0.1, 0.15) is 27.3 Å². The van der Waals surface area contributed by atoms with Crippen molar-refractivity contribution in [2.75, 3.05) is 11.9 Å². The van der Waals surface area contributed by atoms with Gasteiger partial charge in [-0.05, 0) is 35.9 Å². The highest BCUT2D eigenvalue weighted by Gasteiger charge is 2.24. The molecular formula is C25H24N6O2. The highest BCUT2D eigenvalue weighted by atomic mass is 16.2. The minimum absolute atomic E-state index is 0.0303. The van der Waals surface area contributed by atoms with Crippen LogP contribution in [-0.4, -0.2) is 34.4 Å². The number of nitrogens with two attached hydrogens (primary N) is 1. The number of amides is 3. The van der Waals surface area contributed by atoms with Gasteiger partial charge in [0, 0.05) is 31.6 Å². The van der Waals surface area contributed by atoms with Gasteiger partial charge in [-0.15, -0.1) is 0 Å². The number of aromatic nitrogens is 2. The number of anilines is 1. The zero-order valence-electron chi connectivity index (χ0n) is 18.4. The minimum Gasteiger partial charge on any atom is -0.384 e. The number of fused-ring (bicyclic) bond motifs is 1. The van der Waals surface area contributed by atoms with E-state index in [0.29, 0.717) is 28.8 Å². The largest absolute Gasteiger partial charge is 0.384 e. The molecule has 0 radical (unpaired) electrons. The van der Waals surface area contributed by atoms with Crippen molar-refractivity contribution in [1.82, 2.24) is 14.9 Å². The number of carbonyl (C=O) groups is 2. The number of amidine groups is 1. The molecule has 0 aliphatic carbocycles. The lowest BCUT2D eigenvalue weighted by Gasteiger charge is -2.20. The normalized spacial score (nSPS) is 10.7. The summed E-state index contributed by atoms with van der Waals surface area (Å²) in [4.78, 5) is 31.6. The van der Waals surface area contributed by atoms with Crippen LogP contribution in [0, 0.1) is 5.41 Å². The molecule has 4 N–H and O–H groups in total. The number of imide groups is 1. The smallest absolute Gasteiger partial charge is 0.328 e. The average Bonchev–Trinajstić information content (AvgIpc) is 3.14. The molecule has 0 bridgehead atoms. The molecule has 0 aliphatic rings. The highest BCUT2D eigenvalue weighted by molar-refractivity contribution is 6.21. The van der Waals surface area contributed by atoms with Crippen LogP contribution in [0.5, 0.6) is 0 Å². The molecule has 0 unspecified atom stereocenters. The van der Waals surface area contributed by atoms with Crippen LogP contribution in [-0.2, 0) is 13.5 Å². The number of hydrogen-bond donors (Lipinski definition) is 3. The molecule has 3 amide bonds. The van der Waals surface area contributed by atoms with Gasteiger partial charge in [0.1, 0.15) is 11.7 Å². The number of rotatable bonds is 5. The first-order valence-electron chi connectivity index (χ1n) is 10.4.